The Morgan fingerprint density at radius 1 is 0.983 bits per heavy atom. The van der Waals surface area contributed by atoms with Gasteiger partial charge in [0.2, 0.25) is 23.5 Å². The Bertz CT molecular complexity index is 2350. The highest BCUT2D eigenvalue weighted by atomic mass is 16.5. The topological polar surface area (TPSA) is 196 Å². The second-order valence-corrected chi connectivity index (χ2v) is 15.5. The van der Waals surface area contributed by atoms with E-state index >= 15 is 0 Å². The van der Waals surface area contributed by atoms with E-state index in [4.69, 9.17) is 4.52 Å². The van der Waals surface area contributed by atoms with Crippen LogP contribution in [0.2, 0.25) is 0 Å². The maximum absolute atomic E-state index is 13.1. The fraction of sp³-hybridized carbons (Fsp3) is 0.439. The molecule has 3 N–H and O–H groups in total. The molecule has 3 aliphatic rings. The first-order valence-corrected chi connectivity index (χ1v) is 20.1. The van der Waals surface area contributed by atoms with Gasteiger partial charge in [-0.15, -0.1) is 0 Å². The summed E-state index contributed by atoms with van der Waals surface area (Å²) in [5.41, 5.74) is 6.75. The van der Waals surface area contributed by atoms with Gasteiger partial charge in [0.05, 0.1) is 35.7 Å². The van der Waals surface area contributed by atoms with Crippen LogP contribution in [0.1, 0.15) is 91.4 Å². The van der Waals surface area contributed by atoms with Crippen molar-refractivity contribution < 1.29 is 23.7 Å². The Balaban J connectivity index is 0.740. The summed E-state index contributed by atoms with van der Waals surface area (Å²) in [6.07, 6.45) is 10.4. The summed E-state index contributed by atoms with van der Waals surface area (Å²) in [6, 6.07) is 8.60. The van der Waals surface area contributed by atoms with Crippen LogP contribution in [-0.4, -0.2) is 102 Å². The van der Waals surface area contributed by atoms with Gasteiger partial charge in [-0.05, 0) is 74.0 Å². The van der Waals surface area contributed by atoms with Gasteiger partial charge in [0.15, 0.2) is 5.65 Å². The second-order valence-electron chi connectivity index (χ2n) is 15.5. The number of aryl methyl sites for hydroxylation is 2. The summed E-state index contributed by atoms with van der Waals surface area (Å²) in [6.45, 7) is 11.2. The van der Waals surface area contributed by atoms with Gasteiger partial charge in [-0.1, -0.05) is 31.8 Å². The molecule has 17 nitrogen and oxygen atoms in total. The lowest BCUT2D eigenvalue weighted by Crippen LogP contribution is -2.52. The van der Waals surface area contributed by atoms with E-state index in [1.165, 1.54) is 0 Å². The normalized spacial score (nSPS) is 17.3. The Morgan fingerprint density at radius 3 is 2.60 bits per heavy atom. The SMILES string of the molecule is Cc1cc(NC(=O)Nc2cnc3ccnn3c2C(C)C)cnc1-c1noc(CCCCCCN2CCN(c3ccc4c(c3)CN(C3CCC(=O)NC3=O)C4=O)CC2)n1. The highest BCUT2D eigenvalue weighted by Crippen LogP contribution is 2.31. The molecule has 1 aromatic carbocycles. The van der Waals surface area contributed by atoms with E-state index in [-0.39, 0.29) is 30.1 Å². The quantitative estimate of drug-likeness (QED) is 0.108. The molecule has 5 amide bonds. The molecule has 0 radical (unpaired) electrons. The molecule has 17 heteroatoms. The van der Waals surface area contributed by atoms with Crippen LogP contribution in [0.4, 0.5) is 21.9 Å². The molecular weight excluding hydrogens is 741 g/mol. The summed E-state index contributed by atoms with van der Waals surface area (Å²) >= 11 is 0. The van der Waals surface area contributed by atoms with Crippen LogP contribution in [0.5, 0.6) is 0 Å². The smallest absolute Gasteiger partial charge is 0.323 e. The lowest BCUT2D eigenvalue weighted by Gasteiger charge is -2.36. The fourth-order valence-corrected chi connectivity index (χ4v) is 8.11. The van der Waals surface area contributed by atoms with Crippen LogP contribution in [-0.2, 0) is 22.6 Å². The third-order valence-electron chi connectivity index (χ3n) is 11.1. The van der Waals surface area contributed by atoms with E-state index in [9.17, 15) is 19.2 Å². The van der Waals surface area contributed by atoms with E-state index < -0.39 is 12.1 Å². The Labute approximate surface area is 335 Å². The van der Waals surface area contributed by atoms with Crippen molar-refractivity contribution in [2.45, 2.75) is 84.2 Å². The second kappa shape index (κ2) is 16.7. The summed E-state index contributed by atoms with van der Waals surface area (Å²) in [7, 11) is 0. The van der Waals surface area contributed by atoms with E-state index in [1.807, 2.05) is 45.0 Å². The number of rotatable bonds is 13. The largest absolute Gasteiger partial charge is 0.369 e. The number of nitrogens with zero attached hydrogens (tertiary/aromatic N) is 9. The zero-order valence-corrected chi connectivity index (χ0v) is 33.0. The van der Waals surface area contributed by atoms with Crippen LogP contribution in [0, 0.1) is 6.92 Å². The number of piperazine rings is 1. The zero-order chi connectivity index (χ0) is 40.3. The van der Waals surface area contributed by atoms with Gasteiger partial charge in [0, 0.05) is 62.9 Å². The third-order valence-corrected chi connectivity index (χ3v) is 11.1. The first-order chi connectivity index (χ1) is 28.1. The molecule has 3 aliphatic heterocycles. The van der Waals surface area contributed by atoms with Crippen molar-refractivity contribution in [3.63, 3.8) is 0 Å². The molecule has 0 bridgehead atoms. The minimum atomic E-state index is -0.602. The Hall–Kier alpha value is -6.23. The predicted molar refractivity (Wildman–Crippen MR) is 215 cm³/mol. The molecule has 8 rings (SSSR count). The van der Waals surface area contributed by atoms with Gasteiger partial charge in [-0.3, -0.25) is 29.6 Å². The molecule has 1 unspecified atom stereocenters. The van der Waals surface area contributed by atoms with Gasteiger partial charge < -0.3 is 25.0 Å². The van der Waals surface area contributed by atoms with Crippen LogP contribution in [0.25, 0.3) is 17.2 Å². The highest BCUT2D eigenvalue weighted by molar-refractivity contribution is 6.05. The lowest BCUT2D eigenvalue weighted by molar-refractivity contribution is -0.136. The maximum atomic E-state index is 13.1. The number of unbranched alkanes of at least 4 members (excludes halogenated alkanes) is 3. The summed E-state index contributed by atoms with van der Waals surface area (Å²) in [5.74, 6) is 0.294. The van der Waals surface area contributed by atoms with Crippen LogP contribution < -0.4 is 20.9 Å². The number of piperidine rings is 1. The van der Waals surface area contributed by atoms with Crippen molar-refractivity contribution in [1.29, 1.82) is 0 Å². The number of amides is 5. The third kappa shape index (κ3) is 8.25. The number of carbonyl (C=O) groups excluding carboxylic acids is 4. The number of anilines is 3. The molecule has 1 atom stereocenters. The summed E-state index contributed by atoms with van der Waals surface area (Å²) in [4.78, 5) is 70.0. The van der Waals surface area contributed by atoms with E-state index in [1.54, 1.807) is 28.0 Å². The Morgan fingerprint density at radius 2 is 1.81 bits per heavy atom. The van der Waals surface area contributed by atoms with Crippen LogP contribution in [0.3, 0.4) is 0 Å². The van der Waals surface area contributed by atoms with Crippen molar-refractivity contribution in [1.82, 2.24) is 44.8 Å². The first kappa shape index (κ1) is 38.6. The lowest BCUT2D eigenvalue weighted by atomic mass is 10.0. The van der Waals surface area contributed by atoms with Gasteiger partial charge in [-0.25, -0.2) is 14.3 Å². The maximum Gasteiger partial charge on any atom is 0.323 e. The van der Waals surface area contributed by atoms with E-state index in [0.717, 1.165) is 80.9 Å². The van der Waals surface area contributed by atoms with Crippen molar-refractivity contribution in [2.24, 2.45) is 0 Å². The van der Waals surface area contributed by atoms with Crippen molar-refractivity contribution in [3.8, 4) is 11.5 Å². The molecule has 58 heavy (non-hydrogen) atoms. The summed E-state index contributed by atoms with van der Waals surface area (Å²) in [5, 5.41) is 16.6. The number of nitrogens with one attached hydrogen (secondary N) is 3. The molecule has 2 fully saturated rings. The molecule has 0 saturated carbocycles. The predicted octanol–water partition coefficient (Wildman–Crippen LogP) is 4.94. The number of benzene rings is 1. The minimum Gasteiger partial charge on any atom is -0.369 e. The average molecular weight is 789 g/mol. The van der Waals surface area contributed by atoms with Gasteiger partial charge in [0.1, 0.15) is 11.7 Å². The number of carbonyl (C=O) groups is 4. The molecular formula is C41H48N12O5. The summed E-state index contributed by atoms with van der Waals surface area (Å²) < 4.78 is 7.29. The number of hydrogen-bond donors (Lipinski definition) is 3. The average Bonchev–Trinajstić information content (AvgIpc) is 3.95. The molecule has 7 heterocycles. The molecule has 0 spiro atoms. The van der Waals surface area contributed by atoms with Gasteiger partial charge in [0.25, 0.3) is 5.91 Å². The fourth-order valence-electron chi connectivity index (χ4n) is 8.11. The number of fused-ring (bicyclic) bond motifs is 2. The van der Waals surface area contributed by atoms with Crippen LogP contribution in [0.15, 0.2) is 53.4 Å². The van der Waals surface area contributed by atoms with E-state index in [0.29, 0.717) is 59.4 Å². The van der Waals surface area contributed by atoms with E-state index in [2.05, 4.69) is 57.0 Å². The zero-order valence-electron chi connectivity index (χ0n) is 33.0. The van der Waals surface area contributed by atoms with Gasteiger partial charge >= 0.3 is 6.03 Å². The first-order valence-electron chi connectivity index (χ1n) is 20.1. The molecule has 5 aromatic rings. The highest BCUT2D eigenvalue weighted by Gasteiger charge is 2.39. The number of pyridine rings is 1. The molecule has 0 aliphatic carbocycles. The Kier molecular flexibility index (Phi) is 11.1. The molecule has 4 aromatic heterocycles. The number of imide groups is 1. The van der Waals surface area contributed by atoms with Crippen molar-refractivity contribution in [2.75, 3.05) is 48.3 Å². The number of aromatic nitrogens is 6. The molecule has 2 saturated heterocycles. The number of urea groups is 1. The van der Waals surface area contributed by atoms with Crippen molar-refractivity contribution >= 4 is 46.5 Å². The number of hydrogen-bond acceptors (Lipinski definition) is 12. The van der Waals surface area contributed by atoms with Crippen LogP contribution >= 0.6 is 0 Å². The van der Waals surface area contributed by atoms with Gasteiger partial charge in [-0.2, -0.15) is 10.1 Å². The van der Waals surface area contributed by atoms with Crippen molar-refractivity contribution in [3.05, 3.63) is 77.2 Å². The standard InChI is InChI=1S/C41H48N12O5/c1-25(2)37-31(23-42-33-13-14-44-53(33)37)46-41(57)45-28-20-26(3)36(43-22-28)38-48-35(58-49-38)8-6-4-5-7-15-50-16-18-51(19-17-50)29-9-10-30-27(21-29)24-52(40(30)56)32-11-12-34(54)47-39(32)55/h9-10,13-14,20-23,25,32H,4-8,11-12,15-19,24H2,1-3H3,(H2,45,46,57)(H,47,54,55). The monoisotopic (exact) mass is 788 g/mol. The molecule has 302 valence electrons. The minimum absolute atomic E-state index is 0.105.